The van der Waals surface area contributed by atoms with E-state index >= 15 is 0 Å². The maximum atomic E-state index is 10.9. The first kappa shape index (κ1) is 9.14. The van der Waals surface area contributed by atoms with Crippen LogP contribution in [0.2, 0.25) is 0 Å². The van der Waals surface area contributed by atoms with Crippen LogP contribution in [0.25, 0.3) is 11.0 Å². The van der Waals surface area contributed by atoms with Gasteiger partial charge in [-0.25, -0.2) is 9.78 Å². The normalized spacial score (nSPS) is 10.7. The van der Waals surface area contributed by atoms with Crippen molar-refractivity contribution in [3.8, 4) is 0 Å². The fourth-order valence-corrected chi connectivity index (χ4v) is 1.66. The number of aromatic carboxylic acids is 1. The molecule has 0 spiro atoms. The van der Waals surface area contributed by atoms with Crippen LogP contribution in [-0.2, 0) is 7.05 Å². The summed E-state index contributed by atoms with van der Waals surface area (Å²) in [6.07, 6.45) is 1.50. The van der Waals surface area contributed by atoms with Gasteiger partial charge < -0.3 is 5.11 Å². The summed E-state index contributed by atoms with van der Waals surface area (Å²) in [6.45, 7) is 0. The molecular formula is C8H6BrN3O2. The molecule has 0 unspecified atom stereocenters. The molecule has 1 N–H and O–H groups in total. The van der Waals surface area contributed by atoms with E-state index in [9.17, 15) is 4.79 Å². The molecule has 72 valence electrons. The maximum absolute atomic E-state index is 10.9. The summed E-state index contributed by atoms with van der Waals surface area (Å²) in [5, 5.41) is 13.4. The number of carbonyl (C=O) groups is 1. The third-order valence-electron chi connectivity index (χ3n) is 1.90. The van der Waals surface area contributed by atoms with Crippen molar-refractivity contribution in [3.05, 3.63) is 22.4 Å². The number of nitrogens with zero attached hydrogens (tertiary/aromatic N) is 3. The molecule has 0 bridgehead atoms. The van der Waals surface area contributed by atoms with Crippen LogP contribution in [0.15, 0.2) is 16.9 Å². The molecule has 0 radical (unpaired) electrons. The minimum Gasteiger partial charge on any atom is -0.478 e. The van der Waals surface area contributed by atoms with Gasteiger partial charge in [-0.1, -0.05) is 0 Å². The van der Waals surface area contributed by atoms with Gasteiger partial charge in [-0.3, -0.25) is 4.68 Å². The maximum Gasteiger partial charge on any atom is 0.336 e. The lowest BCUT2D eigenvalue weighted by Crippen LogP contribution is -1.99. The molecule has 6 heteroatoms. The highest BCUT2D eigenvalue weighted by Gasteiger charge is 2.13. The Labute approximate surface area is 87.5 Å². The second-order valence-corrected chi connectivity index (χ2v) is 3.62. The fourth-order valence-electron chi connectivity index (χ4n) is 1.26. The van der Waals surface area contributed by atoms with Crippen LogP contribution in [0.1, 0.15) is 10.4 Å². The molecule has 0 aliphatic heterocycles. The van der Waals surface area contributed by atoms with Crippen molar-refractivity contribution >= 4 is 32.9 Å². The van der Waals surface area contributed by atoms with E-state index in [0.717, 1.165) is 0 Å². The summed E-state index contributed by atoms with van der Waals surface area (Å²) in [5.74, 6) is -0.980. The van der Waals surface area contributed by atoms with Gasteiger partial charge in [-0.05, 0) is 22.0 Å². The van der Waals surface area contributed by atoms with Gasteiger partial charge in [0.25, 0.3) is 0 Å². The zero-order valence-electron chi connectivity index (χ0n) is 7.23. The predicted molar refractivity (Wildman–Crippen MR) is 53.2 cm³/mol. The quantitative estimate of drug-likeness (QED) is 0.783. The second-order valence-electron chi connectivity index (χ2n) is 2.80. The number of hydrogen-bond donors (Lipinski definition) is 1. The first-order chi connectivity index (χ1) is 6.59. The minimum absolute atomic E-state index is 0.204. The molecule has 2 aromatic rings. The highest BCUT2D eigenvalue weighted by atomic mass is 79.9. The van der Waals surface area contributed by atoms with Crippen LogP contribution < -0.4 is 0 Å². The van der Waals surface area contributed by atoms with Gasteiger partial charge >= 0.3 is 5.97 Å². The summed E-state index contributed by atoms with van der Waals surface area (Å²) >= 11 is 3.15. The molecule has 14 heavy (non-hydrogen) atoms. The van der Waals surface area contributed by atoms with Gasteiger partial charge in [0.2, 0.25) is 0 Å². The van der Waals surface area contributed by atoms with Gasteiger partial charge in [-0.15, -0.1) is 0 Å². The molecule has 2 aromatic heterocycles. The van der Waals surface area contributed by atoms with Gasteiger partial charge in [0, 0.05) is 7.05 Å². The number of pyridine rings is 1. The molecular weight excluding hydrogens is 250 g/mol. The molecule has 0 atom stereocenters. The summed E-state index contributed by atoms with van der Waals surface area (Å²) < 4.78 is 2.03. The number of hydrogen-bond acceptors (Lipinski definition) is 3. The Morgan fingerprint density at radius 3 is 3.00 bits per heavy atom. The van der Waals surface area contributed by atoms with E-state index in [-0.39, 0.29) is 5.56 Å². The number of aromatic nitrogens is 3. The van der Waals surface area contributed by atoms with Crippen molar-refractivity contribution in [2.24, 2.45) is 7.05 Å². The highest BCUT2D eigenvalue weighted by Crippen LogP contribution is 2.20. The van der Waals surface area contributed by atoms with Crippen molar-refractivity contribution in [2.45, 2.75) is 0 Å². The monoisotopic (exact) mass is 255 g/mol. The number of aryl methyl sites for hydroxylation is 1. The molecule has 0 aliphatic carbocycles. The third-order valence-corrected chi connectivity index (χ3v) is 2.31. The molecule has 2 rings (SSSR count). The summed E-state index contributed by atoms with van der Waals surface area (Å²) in [4.78, 5) is 15.0. The zero-order valence-corrected chi connectivity index (χ0v) is 8.82. The predicted octanol–water partition coefficient (Wildman–Crippen LogP) is 1.43. The molecule has 0 fully saturated rings. The van der Waals surface area contributed by atoms with Gasteiger partial charge in [0.05, 0.1) is 17.1 Å². The number of carboxylic acids is 1. The highest BCUT2D eigenvalue weighted by molar-refractivity contribution is 9.10. The fraction of sp³-hybridized carbons (Fsp3) is 0.125. The van der Waals surface area contributed by atoms with E-state index in [0.29, 0.717) is 15.6 Å². The van der Waals surface area contributed by atoms with Gasteiger partial charge in [0.15, 0.2) is 5.65 Å². The molecule has 0 saturated heterocycles. The van der Waals surface area contributed by atoms with Gasteiger partial charge in [0.1, 0.15) is 4.60 Å². The molecule has 0 aromatic carbocycles. The molecule has 0 aliphatic rings. The lowest BCUT2D eigenvalue weighted by Gasteiger charge is -1.98. The Bertz CT molecular complexity index is 521. The van der Waals surface area contributed by atoms with E-state index in [2.05, 4.69) is 26.0 Å². The standard InChI is InChI=1S/C8H6BrN3O2/c1-12-7-5(3-10-12)4(8(13)14)2-6(9)11-7/h2-3H,1H3,(H,13,14). The smallest absolute Gasteiger partial charge is 0.336 e. The van der Waals surface area contributed by atoms with Crippen molar-refractivity contribution in [3.63, 3.8) is 0 Å². The van der Waals surface area contributed by atoms with Gasteiger partial charge in [-0.2, -0.15) is 5.10 Å². The number of rotatable bonds is 1. The van der Waals surface area contributed by atoms with E-state index in [1.807, 2.05) is 0 Å². The van der Waals surface area contributed by atoms with Crippen molar-refractivity contribution in [2.75, 3.05) is 0 Å². The van der Waals surface area contributed by atoms with E-state index in [4.69, 9.17) is 5.11 Å². The third kappa shape index (κ3) is 1.27. The Morgan fingerprint density at radius 1 is 1.64 bits per heavy atom. The zero-order chi connectivity index (χ0) is 10.3. The molecule has 2 heterocycles. The van der Waals surface area contributed by atoms with E-state index in [1.54, 1.807) is 7.05 Å². The Kier molecular flexibility index (Phi) is 1.99. The lowest BCUT2D eigenvalue weighted by molar-refractivity contribution is 0.0699. The second kappa shape index (κ2) is 3.06. The summed E-state index contributed by atoms with van der Waals surface area (Å²) in [6, 6.07) is 1.46. The van der Waals surface area contributed by atoms with Crippen LogP contribution in [0, 0.1) is 0 Å². The first-order valence-corrected chi connectivity index (χ1v) is 4.60. The Hall–Kier alpha value is -1.43. The van der Waals surface area contributed by atoms with Crippen molar-refractivity contribution in [1.29, 1.82) is 0 Å². The Balaban J connectivity index is 2.88. The molecule has 5 nitrogen and oxygen atoms in total. The van der Waals surface area contributed by atoms with Crippen molar-refractivity contribution < 1.29 is 9.90 Å². The SMILES string of the molecule is Cn1ncc2c(C(=O)O)cc(Br)nc21. The van der Waals surface area contributed by atoms with Crippen LogP contribution in [-0.4, -0.2) is 25.8 Å². The Morgan fingerprint density at radius 2 is 2.36 bits per heavy atom. The number of fused-ring (bicyclic) bond motifs is 1. The average molecular weight is 256 g/mol. The number of carboxylic acid groups (broad SMARTS) is 1. The van der Waals surface area contributed by atoms with Crippen molar-refractivity contribution in [1.82, 2.24) is 14.8 Å². The molecule has 0 saturated carbocycles. The first-order valence-electron chi connectivity index (χ1n) is 3.81. The minimum atomic E-state index is -0.980. The average Bonchev–Trinajstić information content (AvgIpc) is 2.47. The van der Waals surface area contributed by atoms with Crippen LogP contribution in [0.4, 0.5) is 0 Å². The summed E-state index contributed by atoms with van der Waals surface area (Å²) in [7, 11) is 1.72. The lowest BCUT2D eigenvalue weighted by atomic mass is 10.2. The largest absolute Gasteiger partial charge is 0.478 e. The molecule has 0 amide bonds. The number of halogens is 1. The van der Waals surface area contributed by atoms with E-state index < -0.39 is 5.97 Å². The van der Waals surface area contributed by atoms with Crippen LogP contribution >= 0.6 is 15.9 Å². The van der Waals surface area contributed by atoms with E-state index in [1.165, 1.54) is 16.9 Å². The topological polar surface area (TPSA) is 68.0 Å². The van der Waals surface area contributed by atoms with Crippen LogP contribution in [0.5, 0.6) is 0 Å². The van der Waals surface area contributed by atoms with Crippen LogP contribution in [0.3, 0.4) is 0 Å². The summed E-state index contributed by atoms with van der Waals surface area (Å²) in [5.41, 5.74) is 0.756.